The van der Waals surface area contributed by atoms with Crippen LogP contribution >= 0.6 is 0 Å². The molecule has 0 aliphatic carbocycles. The van der Waals surface area contributed by atoms with E-state index in [4.69, 9.17) is 14.2 Å². The smallest absolute Gasteiger partial charge is 0.306 e. The predicted molar refractivity (Wildman–Crippen MR) is 320 cm³/mol. The molecule has 0 aliphatic rings. The molecular weight excluding hydrogens is 913 g/mol. The maximum atomic E-state index is 12.8. The van der Waals surface area contributed by atoms with Gasteiger partial charge in [-0.3, -0.25) is 14.4 Å². The van der Waals surface area contributed by atoms with E-state index in [0.717, 1.165) is 122 Å². The molecule has 0 fully saturated rings. The molecule has 0 radical (unpaired) electrons. The van der Waals surface area contributed by atoms with E-state index in [0.29, 0.717) is 19.3 Å². The van der Waals surface area contributed by atoms with Gasteiger partial charge in [0.2, 0.25) is 0 Å². The minimum atomic E-state index is -0.781. The third-order valence-corrected chi connectivity index (χ3v) is 13.3. The molecule has 0 saturated carbocycles. The average Bonchev–Trinajstić information content (AvgIpc) is 3.40. The molecule has 74 heavy (non-hydrogen) atoms. The van der Waals surface area contributed by atoms with Crippen molar-refractivity contribution in [1.82, 2.24) is 0 Å². The Morgan fingerprint density at radius 1 is 0.284 bits per heavy atom. The summed E-state index contributed by atoms with van der Waals surface area (Å²) >= 11 is 0. The fourth-order valence-electron chi connectivity index (χ4n) is 8.61. The highest BCUT2D eigenvalue weighted by Crippen LogP contribution is 2.16. The minimum Gasteiger partial charge on any atom is -0.462 e. The van der Waals surface area contributed by atoms with Gasteiger partial charge in [0.05, 0.1) is 0 Å². The first-order valence-corrected chi connectivity index (χ1v) is 31.2. The molecule has 1 unspecified atom stereocenters. The highest BCUT2D eigenvalue weighted by Gasteiger charge is 2.19. The number of unbranched alkanes of at least 4 members (excludes halogenated alkanes) is 29. The monoisotopic (exact) mass is 1030 g/mol. The highest BCUT2D eigenvalue weighted by molar-refractivity contribution is 5.71. The zero-order valence-electron chi connectivity index (χ0n) is 48.6. The molecule has 0 heterocycles. The van der Waals surface area contributed by atoms with Crippen LogP contribution in [0.3, 0.4) is 0 Å². The van der Waals surface area contributed by atoms with E-state index in [2.05, 4.69) is 118 Å². The van der Waals surface area contributed by atoms with Crippen LogP contribution in [0.1, 0.15) is 297 Å². The lowest BCUT2D eigenvalue weighted by Crippen LogP contribution is -2.30. The number of rotatable bonds is 56. The van der Waals surface area contributed by atoms with E-state index in [-0.39, 0.29) is 31.1 Å². The number of esters is 3. The van der Waals surface area contributed by atoms with Crippen LogP contribution in [0.5, 0.6) is 0 Å². The molecule has 0 bridgehead atoms. The van der Waals surface area contributed by atoms with Crippen molar-refractivity contribution in [2.24, 2.45) is 0 Å². The maximum Gasteiger partial charge on any atom is 0.306 e. The molecule has 0 aliphatic heterocycles. The van der Waals surface area contributed by atoms with Gasteiger partial charge in [-0.05, 0) is 109 Å². The summed E-state index contributed by atoms with van der Waals surface area (Å²) in [5.41, 5.74) is 0. The van der Waals surface area contributed by atoms with Crippen molar-refractivity contribution in [3.05, 3.63) is 97.2 Å². The summed E-state index contributed by atoms with van der Waals surface area (Å²) in [6, 6.07) is 0. The Balaban J connectivity index is 4.02. The summed E-state index contributed by atoms with van der Waals surface area (Å²) in [6.45, 7) is 6.42. The molecule has 0 aromatic carbocycles. The van der Waals surface area contributed by atoms with Crippen LogP contribution in [0, 0.1) is 0 Å². The molecule has 6 heteroatoms. The number of carbonyl (C=O) groups is 3. The van der Waals surface area contributed by atoms with Crippen molar-refractivity contribution >= 4 is 17.9 Å². The van der Waals surface area contributed by atoms with Crippen molar-refractivity contribution in [2.75, 3.05) is 13.2 Å². The maximum absolute atomic E-state index is 12.8. The van der Waals surface area contributed by atoms with Gasteiger partial charge in [0.1, 0.15) is 13.2 Å². The van der Waals surface area contributed by atoms with E-state index < -0.39 is 6.10 Å². The first-order valence-electron chi connectivity index (χ1n) is 31.2. The van der Waals surface area contributed by atoms with Gasteiger partial charge in [0.25, 0.3) is 0 Å². The van der Waals surface area contributed by atoms with E-state index >= 15 is 0 Å². The molecule has 0 saturated heterocycles. The van der Waals surface area contributed by atoms with Gasteiger partial charge in [-0.2, -0.15) is 0 Å². The number of hydrogen-bond acceptors (Lipinski definition) is 6. The molecule has 0 aromatic heterocycles. The molecule has 0 rings (SSSR count). The van der Waals surface area contributed by atoms with Crippen LogP contribution in [0.2, 0.25) is 0 Å². The van der Waals surface area contributed by atoms with Crippen molar-refractivity contribution in [2.45, 2.75) is 303 Å². The largest absolute Gasteiger partial charge is 0.462 e. The molecule has 424 valence electrons. The zero-order valence-corrected chi connectivity index (χ0v) is 48.6. The summed E-state index contributed by atoms with van der Waals surface area (Å²) in [5, 5.41) is 0. The molecule has 0 spiro atoms. The van der Waals surface area contributed by atoms with Crippen LogP contribution in [0.4, 0.5) is 0 Å². The lowest BCUT2D eigenvalue weighted by atomic mass is 10.0. The van der Waals surface area contributed by atoms with Crippen LogP contribution in [-0.4, -0.2) is 37.2 Å². The molecule has 0 aromatic rings. The Labute approximate surface area is 457 Å². The van der Waals surface area contributed by atoms with Crippen LogP contribution in [-0.2, 0) is 28.6 Å². The van der Waals surface area contributed by atoms with Gasteiger partial charge < -0.3 is 14.2 Å². The fraction of sp³-hybridized carbons (Fsp3) is 0.721. The summed E-state index contributed by atoms with van der Waals surface area (Å²) in [4.78, 5) is 38.0. The predicted octanol–water partition coefficient (Wildman–Crippen LogP) is 21.3. The number of allylic oxidation sites excluding steroid dienone is 16. The Hall–Kier alpha value is -3.67. The molecule has 1 atom stereocenters. The van der Waals surface area contributed by atoms with Crippen molar-refractivity contribution in [3.8, 4) is 0 Å². The number of ether oxygens (including phenoxy) is 3. The van der Waals surface area contributed by atoms with Crippen molar-refractivity contribution in [1.29, 1.82) is 0 Å². The van der Waals surface area contributed by atoms with Gasteiger partial charge in [0, 0.05) is 19.3 Å². The quantitative estimate of drug-likeness (QED) is 0.0261. The Morgan fingerprint density at radius 3 is 0.892 bits per heavy atom. The summed E-state index contributed by atoms with van der Waals surface area (Å²) in [7, 11) is 0. The second-order valence-corrected chi connectivity index (χ2v) is 20.6. The first-order chi connectivity index (χ1) is 36.5. The molecule has 6 nitrogen and oxygen atoms in total. The number of carbonyl (C=O) groups excluding carboxylic acids is 3. The fourth-order valence-corrected chi connectivity index (χ4v) is 8.61. The lowest BCUT2D eigenvalue weighted by Gasteiger charge is -2.18. The highest BCUT2D eigenvalue weighted by atomic mass is 16.6. The zero-order chi connectivity index (χ0) is 53.6. The number of hydrogen-bond donors (Lipinski definition) is 0. The second kappa shape index (κ2) is 61.9. The Morgan fingerprint density at radius 2 is 0.554 bits per heavy atom. The van der Waals surface area contributed by atoms with E-state index in [1.165, 1.54) is 135 Å². The van der Waals surface area contributed by atoms with Gasteiger partial charge in [-0.15, -0.1) is 0 Å². The van der Waals surface area contributed by atoms with Crippen LogP contribution < -0.4 is 0 Å². The van der Waals surface area contributed by atoms with Gasteiger partial charge >= 0.3 is 17.9 Å². The normalized spacial score (nSPS) is 12.7. The average molecular weight is 1030 g/mol. The second-order valence-electron chi connectivity index (χ2n) is 20.6. The third-order valence-electron chi connectivity index (χ3n) is 13.3. The third kappa shape index (κ3) is 59.2. The summed E-state index contributed by atoms with van der Waals surface area (Å²) in [5.74, 6) is -0.896. The van der Waals surface area contributed by atoms with Crippen LogP contribution in [0.15, 0.2) is 97.2 Å². The van der Waals surface area contributed by atoms with Crippen molar-refractivity contribution in [3.63, 3.8) is 0 Å². The molecular formula is C68H116O6. The van der Waals surface area contributed by atoms with E-state index in [9.17, 15) is 14.4 Å². The molecule has 0 amide bonds. The summed E-state index contributed by atoms with van der Waals surface area (Å²) in [6.07, 6.45) is 83.0. The van der Waals surface area contributed by atoms with E-state index in [1.807, 2.05) is 0 Å². The SMILES string of the molecule is CC/C=C\C/C=C\C/C=C\C/C=C\C/C=C\C/C=C\CCCCCCCCCCCCCCCCCCC(=O)OCC(COC(=O)CCCCCCC/C=C\CCC)OC(=O)CCCCCCC/C=C\CCCC. The van der Waals surface area contributed by atoms with E-state index in [1.54, 1.807) is 0 Å². The van der Waals surface area contributed by atoms with Crippen LogP contribution in [0.25, 0.3) is 0 Å². The minimum absolute atomic E-state index is 0.0807. The summed E-state index contributed by atoms with van der Waals surface area (Å²) < 4.78 is 16.8. The molecule has 0 N–H and O–H groups in total. The standard InChI is InChI=1S/C68H116O6/c1-4-7-10-13-16-19-22-23-24-25-26-27-28-29-30-31-32-33-34-35-36-37-38-39-40-41-42-43-44-45-47-49-52-55-58-61-67(70)73-64-65(63-72-66(69)60-57-54-51-48-21-18-15-12-9-6-3)74-68(71)62-59-56-53-50-46-20-17-14-11-8-5-2/h7,10,12,14-17,19,23-24,26-27,29-30,32-33,65H,4-6,8-9,11,13,18,20-22,25,28,31,34-64H2,1-3H3/b10-7-,15-12-,17-14-,19-16-,24-23-,27-26-,30-29-,33-32-. The van der Waals surface area contributed by atoms with Crippen molar-refractivity contribution < 1.29 is 28.6 Å². The topological polar surface area (TPSA) is 78.9 Å². The van der Waals surface area contributed by atoms with Gasteiger partial charge in [-0.25, -0.2) is 0 Å². The van der Waals surface area contributed by atoms with Gasteiger partial charge in [-0.1, -0.05) is 266 Å². The first kappa shape index (κ1) is 70.3. The Kier molecular flexibility index (Phi) is 58.8. The lowest BCUT2D eigenvalue weighted by molar-refractivity contribution is -0.167. The Bertz CT molecular complexity index is 1460. The van der Waals surface area contributed by atoms with Gasteiger partial charge in [0.15, 0.2) is 6.10 Å².